The Kier molecular flexibility index (Phi) is 6.00. The van der Waals surface area contributed by atoms with Crippen LogP contribution in [-0.4, -0.2) is 54.2 Å². The van der Waals surface area contributed by atoms with Gasteiger partial charge in [0.2, 0.25) is 0 Å². The normalized spacial score (nSPS) is 16.8. The van der Waals surface area contributed by atoms with Crippen LogP contribution in [0.15, 0.2) is 35.6 Å². The molecule has 0 bridgehead atoms. The fourth-order valence-corrected chi connectivity index (χ4v) is 3.93. The second kappa shape index (κ2) is 8.65. The SMILES string of the molecule is CC(C)(C)OC(=O)N1CCC(c2cc3nccnc3n(Cc3nccnc3C(F)(F)F)c2=O)C1. The van der Waals surface area contributed by atoms with Crippen LogP contribution in [0.1, 0.15) is 50.1 Å². The smallest absolute Gasteiger partial charge is 0.435 e. The van der Waals surface area contributed by atoms with Crippen molar-refractivity contribution < 1.29 is 22.7 Å². The molecular formula is C22H23F3N6O3. The number of aromatic nitrogens is 5. The second-order valence-electron chi connectivity index (χ2n) is 9.02. The number of hydrogen-bond acceptors (Lipinski definition) is 7. The van der Waals surface area contributed by atoms with E-state index in [-0.39, 0.29) is 18.1 Å². The molecule has 0 aromatic carbocycles. The number of amides is 1. The van der Waals surface area contributed by atoms with E-state index in [0.717, 1.165) is 17.0 Å². The molecule has 1 fully saturated rings. The highest BCUT2D eigenvalue weighted by Gasteiger charge is 2.37. The number of pyridine rings is 1. The highest BCUT2D eigenvalue weighted by Crippen LogP contribution is 2.31. The molecule has 34 heavy (non-hydrogen) atoms. The average molecular weight is 476 g/mol. The number of rotatable bonds is 3. The molecule has 0 radical (unpaired) electrons. The Morgan fingerprint density at radius 3 is 2.47 bits per heavy atom. The molecule has 1 amide bonds. The predicted octanol–water partition coefficient (Wildman–Crippen LogP) is 3.37. The molecule has 4 heterocycles. The van der Waals surface area contributed by atoms with Crippen LogP contribution < -0.4 is 5.56 Å². The zero-order chi connectivity index (χ0) is 24.7. The van der Waals surface area contributed by atoms with Crippen molar-refractivity contribution in [3.63, 3.8) is 0 Å². The quantitative estimate of drug-likeness (QED) is 0.571. The van der Waals surface area contributed by atoms with E-state index in [4.69, 9.17) is 4.74 Å². The van der Waals surface area contributed by atoms with Crippen LogP contribution in [0, 0.1) is 0 Å². The fourth-order valence-electron chi connectivity index (χ4n) is 3.93. The van der Waals surface area contributed by atoms with Gasteiger partial charge in [-0.1, -0.05) is 0 Å². The molecule has 0 spiro atoms. The summed E-state index contributed by atoms with van der Waals surface area (Å²) in [6.45, 7) is 5.45. The van der Waals surface area contributed by atoms with Crippen molar-refractivity contribution in [2.24, 2.45) is 0 Å². The van der Waals surface area contributed by atoms with E-state index in [1.807, 2.05) is 0 Å². The van der Waals surface area contributed by atoms with E-state index in [1.165, 1.54) is 17.3 Å². The van der Waals surface area contributed by atoms with Crippen molar-refractivity contribution in [3.8, 4) is 0 Å². The van der Waals surface area contributed by atoms with Gasteiger partial charge < -0.3 is 9.64 Å². The van der Waals surface area contributed by atoms with E-state index in [9.17, 15) is 22.8 Å². The highest BCUT2D eigenvalue weighted by molar-refractivity contribution is 5.71. The third-order valence-corrected chi connectivity index (χ3v) is 5.38. The van der Waals surface area contributed by atoms with Crippen LogP contribution in [0.2, 0.25) is 0 Å². The van der Waals surface area contributed by atoms with Crippen LogP contribution in [0.25, 0.3) is 11.2 Å². The Bertz CT molecular complexity index is 1290. The second-order valence-corrected chi connectivity index (χ2v) is 9.02. The summed E-state index contributed by atoms with van der Waals surface area (Å²) < 4.78 is 46.9. The van der Waals surface area contributed by atoms with Crippen LogP contribution in [0.4, 0.5) is 18.0 Å². The standard InChI is InChI=1S/C22H23F3N6O3/c1-21(2,3)34-20(33)30-9-4-13(11-30)14-10-15-18(29-8-6-26-15)31(19(14)32)12-16-17(22(23,24)25)28-7-5-27-16/h5-8,10,13H,4,9,11-12H2,1-3H3. The molecule has 0 aliphatic carbocycles. The molecule has 0 saturated carbocycles. The van der Waals surface area contributed by atoms with Gasteiger partial charge in [0.15, 0.2) is 11.3 Å². The summed E-state index contributed by atoms with van der Waals surface area (Å²) >= 11 is 0. The van der Waals surface area contributed by atoms with Gasteiger partial charge in [-0.2, -0.15) is 13.2 Å². The van der Waals surface area contributed by atoms with Gasteiger partial charge in [0.05, 0.1) is 12.2 Å². The minimum atomic E-state index is -4.73. The summed E-state index contributed by atoms with van der Waals surface area (Å²) in [4.78, 5) is 43.1. The number of halogens is 3. The van der Waals surface area contributed by atoms with Crippen molar-refractivity contribution in [1.82, 2.24) is 29.4 Å². The first-order chi connectivity index (χ1) is 15.9. The lowest BCUT2D eigenvalue weighted by atomic mass is 9.99. The lowest BCUT2D eigenvalue weighted by Gasteiger charge is -2.24. The molecule has 4 rings (SSSR count). The summed E-state index contributed by atoms with van der Waals surface area (Å²) in [5, 5.41) is 0. The van der Waals surface area contributed by atoms with E-state index < -0.39 is 41.4 Å². The molecule has 9 nitrogen and oxygen atoms in total. The largest absolute Gasteiger partial charge is 0.444 e. The van der Waals surface area contributed by atoms with Crippen LogP contribution in [0.3, 0.4) is 0 Å². The summed E-state index contributed by atoms with van der Waals surface area (Å²) in [6.07, 6.45) is 0.178. The van der Waals surface area contributed by atoms with Crippen molar-refractivity contribution in [2.45, 2.75) is 51.4 Å². The minimum Gasteiger partial charge on any atom is -0.444 e. The Morgan fingerprint density at radius 2 is 1.76 bits per heavy atom. The number of nitrogens with zero attached hydrogens (tertiary/aromatic N) is 6. The maximum atomic E-state index is 13.5. The molecule has 1 aliphatic rings. The molecule has 1 aliphatic heterocycles. The maximum Gasteiger partial charge on any atom is 0.435 e. The zero-order valence-corrected chi connectivity index (χ0v) is 18.8. The molecule has 1 unspecified atom stereocenters. The molecule has 180 valence electrons. The molecular weight excluding hydrogens is 453 g/mol. The zero-order valence-electron chi connectivity index (χ0n) is 18.8. The third-order valence-electron chi connectivity index (χ3n) is 5.38. The maximum absolute atomic E-state index is 13.5. The van der Waals surface area contributed by atoms with Crippen molar-refractivity contribution in [1.29, 1.82) is 0 Å². The van der Waals surface area contributed by atoms with E-state index in [2.05, 4.69) is 19.9 Å². The monoisotopic (exact) mass is 476 g/mol. The average Bonchev–Trinajstić information content (AvgIpc) is 3.24. The van der Waals surface area contributed by atoms with Gasteiger partial charge in [-0.05, 0) is 33.3 Å². The van der Waals surface area contributed by atoms with E-state index >= 15 is 0 Å². The van der Waals surface area contributed by atoms with Crippen LogP contribution in [-0.2, 0) is 17.5 Å². The molecule has 1 saturated heterocycles. The number of ether oxygens (including phenoxy) is 1. The highest BCUT2D eigenvalue weighted by atomic mass is 19.4. The summed E-state index contributed by atoms with van der Waals surface area (Å²) in [5.41, 5.74) is -1.90. The Hall–Kier alpha value is -3.57. The van der Waals surface area contributed by atoms with E-state index in [1.54, 1.807) is 26.8 Å². The number of hydrogen-bond donors (Lipinski definition) is 0. The molecule has 3 aromatic heterocycles. The molecule has 12 heteroatoms. The first-order valence-corrected chi connectivity index (χ1v) is 10.6. The summed E-state index contributed by atoms with van der Waals surface area (Å²) in [6, 6.07) is 1.59. The Labute approximate surface area is 192 Å². The number of carbonyl (C=O) groups excluding carboxylic acids is 1. The lowest BCUT2D eigenvalue weighted by molar-refractivity contribution is -0.142. The van der Waals surface area contributed by atoms with Crippen LogP contribution >= 0.6 is 0 Å². The van der Waals surface area contributed by atoms with E-state index in [0.29, 0.717) is 24.0 Å². The van der Waals surface area contributed by atoms with Gasteiger partial charge in [-0.25, -0.2) is 14.8 Å². The summed E-state index contributed by atoms with van der Waals surface area (Å²) in [7, 11) is 0. The predicted molar refractivity (Wildman–Crippen MR) is 115 cm³/mol. The third kappa shape index (κ3) is 4.85. The fraction of sp³-hybridized carbons (Fsp3) is 0.455. The van der Waals surface area contributed by atoms with Gasteiger partial charge >= 0.3 is 12.3 Å². The van der Waals surface area contributed by atoms with Gasteiger partial charge in [-0.15, -0.1) is 0 Å². The van der Waals surface area contributed by atoms with Gasteiger partial charge in [0.1, 0.15) is 11.1 Å². The minimum absolute atomic E-state index is 0.136. The number of likely N-dealkylation sites (tertiary alicyclic amines) is 1. The summed E-state index contributed by atoms with van der Waals surface area (Å²) in [5.74, 6) is -0.332. The topological polar surface area (TPSA) is 103 Å². The molecule has 0 N–H and O–H groups in total. The molecule has 3 aromatic rings. The van der Waals surface area contributed by atoms with Crippen LogP contribution in [0.5, 0.6) is 0 Å². The Morgan fingerprint density at radius 1 is 1.09 bits per heavy atom. The first kappa shape index (κ1) is 23.6. The molecule has 1 atom stereocenters. The van der Waals surface area contributed by atoms with Crippen molar-refractivity contribution in [3.05, 3.63) is 58.2 Å². The van der Waals surface area contributed by atoms with Gasteiger partial charge in [0.25, 0.3) is 5.56 Å². The van der Waals surface area contributed by atoms with Gasteiger partial charge in [-0.3, -0.25) is 19.3 Å². The number of fused-ring (bicyclic) bond motifs is 1. The van der Waals surface area contributed by atoms with Gasteiger partial charge in [0, 0.05) is 49.4 Å². The van der Waals surface area contributed by atoms with Crippen molar-refractivity contribution >= 4 is 17.3 Å². The number of alkyl halides is 3. The first-order valence-electron chi connectivity index (χ1n) is 10.6. The lowest BCUT2D eigenvalue weighted by Crippen LogP contribution is -2.35. The number of carbonyl (C=O) groups is 1. The Balaban J connectivity index is 1.73. The van der Waals surface area contributed by atoms with Crippen molar-refractivity contribution in [2.75, 3.05) is 13.1 Å².